The largest absolute Gasteiger partial charge is 0.355 e. The molecule has 1 amide bonds. The fourth-order valence-corrected chi connectivity index (χ4v) is 5.22. The van der Waals surface area contributed by atoms with Crippen LogP contribution in [0.1, 0.15) is 58.9 Å². The molecule has 174 valence electrons. The van der Waals surface area contributed by atoms with Crippen molar-refractivity contribution in [1.29, 1.82) is 0 Å². The van der Waals surface area contributed by atoms with Crippen LogP contribution in [-0.2, 0) is 6.54 Å². The first-order chi connectivity index (χ1) is 15.9. The lowest BCUT2D eigenvalue weighted by molar-refractivity contribution is 0.0604. The van der Waals surface area contributed by atoms with Crippen molar-refractivity contribution in [3.8, 4) is 0 Å². The number of hydrogen-bond acceptors (Lipinski definition) is 6. The number of carbonyl (C=O) groups excluding carboxylic acids is 1. The van der Waals surface area contributed by atoms with Crippen molar-refractivity contribution in [3.05, 3.63) is 57.9 Å². The molecule has 2 aromatic heterocycles. The summed E-state index contributed by atoms with van der Waals surface area (Å²) in [6.07, 6.45) is 5.87. The topological polar surface area (TPSA) is 106 Å². The van der Waals surface area contributed by atoms with Crippen molar-refractivity contribution in [2.75, 3.05) is 24.5 Å². The van der Waals surface area contributed by atoms with E-state index in [-0.39, 0.29) is 24.5 Å². The highest BCUT2D eigenvalue weighted by molar-refractivity contribution is 6.31. The highest BCUT2D eigenvalue weighted by atomic mass is 35.5. The molecule has 2 atom stereocenters. The van der Waals surface area contributed by atoms with Crippen LogP contribution in [0.15, 0.2) is 30.5 Å². The third kappa shape index (κ3) is 4.18. The monoisotopic (exact) mass is 467 g/mol. The molecule has 8 nitrogen and oxygen atoms in total. The van der Waals surface area contributed by atoms with Crippen molar-refractivity contribution in [3.63, 3.8) is 0 Å². The number of carbonyl (C=O) groups is 1. The summed E-state index contributed by atoms with van der Waals surface area (Å²) in [4.78, 5) is 22.7. The first-order valence-corrected chi connectivity index (χ1v) is 12.0. The molecule has 5 rings (SSSR count). The zero-order chi connectivity index (χ0) is 23.1. The molecule has 4 heterocycles. The average Bonchev–Trinajstić information content (AvgIpc) is 3.43. The number of halogens is 1. The first-order valence-electron chi connectivity index (χ1n) is 11.6. The number of hydrogen-bond donors (Lipinski definition) is 2. The highest BCUT2D eigenvalue weighted by Gasteiger charge is 2.32. The smallest absolute Gasteiger partial charge is 0.254 e. The molecule has 0 bridgehead atoms. The van der Waals surface area contributed by atoms with Gasteiger partial charge in [0.15, 0.2) is 5.65 Å². The maximum atomic E-state index is 13.6. The number of aryl methyl sites for hydroxylation is 1. The van der Waals surface area contributed by atoms with Gasteiger partial charge in [-0.2, -0.15) is 5.10 Å². The molecular formula is C24H30ClN7O. The summed E-state index contributed by atoms with van der Waals surface area (Å²) in [5, 5.41) is 5.37. The Morgan fingerprint density at radius 2 is 2.06 bits per heavy atom. The molecule has 3 aromatic rings. The number of fused-ring (bicyclic) bond motifs is 1. The predicted octanol–water partition coefficient (Wildman–Crippen LogP) is 3.05. The van der Waals surface area contributed by atoms with Crippen molar-refractivity contribution >= 4 is 29.0 Å². The average molecular weight is 468 g/mol. The summed E-state index contributed by atoms with van der Waals surface area (Å²) >= 11 is 6.21. The first kappa shape index (κ1) is 22.1. The van der Waals surface area contributed by atoms with Gasteiger partial charge >= 0.3 is 0 Å². The third-order valence-electron chi connectivity index (χ3n) is 6.78. The summed E-state index contributed by atoms with van der Waals surface area (Å²) < 4.78 is 1.83. The van der Waals surface area contributed by atoms with Crippen LogP contribution in [0.4, 0.5) is 5.82 Å². The van der Waals surface area contributed by atoms with E-state index in [1.165, 1.54) is 0 Å². The summed E-state index contributed by atoms with van der Waals surface area (Å²) in [5.41, 5.74) is 16.1. The summed E-state index contributed by atoms with van der Waals surface area (Å²) in [6.45, 7) is 4.75. The van der Waals surface area contributed by atoms with E-state index in [1.807, 2.05) is 27.7 Å². The Balaban J connectivity index is 1.48. The Morgan fingerprint density at radius 1 is 1.21 bits per heavy atom. The molecule has 2 fully saturated rings. The summed E-state index contributed by atoms with van der Waals surface area (Å²) in [7, 11) is 0. The Labute approximate surface area is 198 Å². The lowest BCUT2D eigenvalue weighted by Crippen LogP contribution is -2.39. The van der Waals surface area contributed by atoms with Gasteiger partial charge in [-0.15, -0.1) is 0 Å². The van der Waals surface area contributed by atoms with E-state index in [4.69, 9.17) is 33.2 Å². The van der Waals surface area contributed by atoms with E-state index in [9.17, 15) is 4.79 Å². The molecule has 0 aliphatic carbocycles. The maximum Gasteiger partial charge on any atom is 0.254 e. The van der Waals surface area contributed by atoms with Crippen LogP contribution in [0, 0.1) is 6.92 Å². The molecule has 2 aliphatic rings. The number of rotatable bonds is 4. The van der Waals surface area contributed by atoms with E-state index < -0.39 is 0 Å². The number of nitrogens with zero attached hydrogens (tertiary/aromatic N) is 5. The van der Waals surface area contributed by atoms with Gasteiger partial charge in [-0.3, -0.25) is 4.79 Å². The van der Waals surface area contributed by atoms with Gasteiger partial charge in [0.2, 0.25) is 0 Å². The minimum atomic E-state index is -0.110. The van der Waals surface area contributed by atoms with Crippen LogP contribution in [0.5, 0.6) is 0 Å². The summed E-state index contributed by atoms with van der Waals surface area (Å²) in [6, 6.07) is 7.42. The molecule has 0 saturated carbocycles. The number of aromatic nitrogens is 3. The van der Waals surface area contributed by atoms with Crippen LogP contribution in [0.25, 0.3) is 5.65 Å². The van der Waals surface area contributed by atoms with E-state index in [1.54, 1.807) is 12.1 Å². The van der Waals surface area contributed by atoms with Gasteiger partial charge < -0.3 is 21.3 Å². The number of amides is 1. The van der Waals surface area contributed by atoms with E-state index >= 15 is 0 Å². The second-order valence-electron chi connectivity index (χ2n) is 9.13. The molecule has 9 heteroatoms. The normalized spacial score (nSPS) is 21.2. The fourth-order valence-electron chi connectivity index (χ4n) is 5.04. The molecule has 33 heavy (non-hydrogen) atoms. The van der Waals surface area contributed by atoms with Crippen LogP contribution in [-0.4, -0.2) is 51.1 Å². The standard InChI is InChI=1S/C24H30ClN7O/c1-15-13-32-22(28-23(15)30-9-7-18(27)14-30)11-20(29-32)21-4-2-3-8-31(21)24(33)19-10-17(25)6-5-16(19)12-26/h5-6,10-11,13,18,21H,2-4,7-9,12,14,26-27H2,1H3/t18-,21-/m0/s1. The van der Waals surface area contributed by atoms with Crippen LogP contribution in [0.2, 0.25) is 5.02 Å². The van der Waals surface area contributed by atoms with Gasteiger partial charge in [-0.05, 0) is 50.3 Å². The third-order valence-corrected chi connectivity index (χ3v) is 7.01. The number of likely N-dealkylation sites (tertiary alicyclic amines) is 1. The van der Waals surface area contributed by atoms with Gasteiger partial charge in [-0.1, -0.05) is 17.7 Å². The van der Waals surface area contributed by atoms with Crippen molar-refractivity contribution < 1.29 is 4.79 Å². The van der Waals surface area contributed by atoms with Gasteiger partial charge in [0.1, 0.15) is 5.82 Å². The van der Waals surface area contributed by atoms with E-state index in [0.29, 0.717) is 17.1 Å². The Kier molecular flexibility index (Phi) is 5.99. The van der Waals surface area contributed by atoms with Gasteiger partial charge in [0, 0.05) is 60.6 Å². The SMILES string of the molecule is Cc1cn2nc([C@@H]3CCCCN3C(=O)c3cc(Cl)ccc3CN)cc2nc1N1CC[C@H](N)C1. The fraction of sp³-hybridized carbons (Fsp3) is 0.458. The van der Waals surface area contributed by atoms with Gasteiger partial charge in [0.05, 0.1) is 11.7 Å². The van der Waals surface area contributed by atoms with Crippen LogP contribution >= 0.6 is 11.6 Å². The molecule has 2 saturated heterocycles. The molecule has 0 spiro atoms. The van der Waals surface area contributed by atoms with E-state index in [2.05, 4.69) is 11.8 Å². The van der Waals surface area contributed by atoms with Gasteiger partial charge in [0.25, 0.3) is 5.91 Å². The predicted molar refractivity (Wildman–Crippen MR) is 130 cm³/mol. The maximum absolute atomic E-state index is 13.6. The zero-order valence-electron chi connectivity index (χ0n) is 18.9. The van der Waals surface area contributed by atoms with Crippen molar-refractivity contribution in [2.45, 2.75) is 51.2 Å². The molecule has 2 aliphatic heterocycles. The van der Waals surface area contributed by atoms with Gasteiger partial charge in [-0.25, -0.2) is 9.50 Å². The Morgan fingerprint density at radius 3 is 2.82 bits per heavy atom. The number of anilines is 1. The molecule has 0 radical (unpaired) electrons. The second-order valence-corrected chi connectivity index (χ2v) is 9.57. The minimum Gasteiger partial charge on any atom is -0.355 e. The molecule has 4 N–H and O–H groups in total. The number of benzene rings is 1. The van der Waals surface area contributed by atoms with Crippen LogP contribution < -0.4 is 16.4 Å². The van der Waals surface area contributed by atoms with Crippen molar-refractivity contribution in [1.82, 2.24) is 19.5 Å². The van der Waals surface area contributed by atoms with Crippen LogP contribution in [0.3, 0.4) is 0 Å². The Hall–Kier alpha value is -2.68. The highest BCUT2D eigenvalue weighted by Crippen LogP contribution is 2.33. The minimum absolute atomic E-state index is 0.0458. The number of piperidine rings is 1. The zero-order valence-corrected chi connectivity index (χ0v) is 19.6. The lowest BCUT2D eigenvalue weighted by Gasteiger charge is -2.35. The molecule has 1 aromatic carbocycles. The lowest BCUT2D eigenvalue weighted by atomic mass is 9.97. The van der Waals surface area contributed by atoms with Crippen molar-refractivity contribution in [2.24, 2.45) is 11.5 Å². The molecule has 0 unspecified atom stereocenters. The second kappa shape index (κ2) is 8.93. The van der Waals surface area contributed by atoms with E-state index in [0.717, 1.165) is 67.1 Å². The summed E-state index contributed by atoms with van der Waals surface area (Å²) in [5.74, 6) is 0.917. The number of nitrogens with two attached hydrogens (primary N) is 2. The molecular weight excluding hydrogens is 438 g/mol. The quantitative estimate of drug-likeness (QED) is 0.610. The Bertz CT molecular complexity index is 1190.